The van der Waals surface area contributed by atoms with E-state index in [0.717, 1.165) is 10.0 Å². The summed E-state index contributed by atoms with van der Waals surface area (Å²) in [5, 5.41) is 12.8. The van der Waals surface area contributed by atoms with E-state index in [1.807, 2.05) is 0 Å². The highest BCUT2D eigenvalue weighted by atomic mass is 79.9. The minimum Gasteiger partial charge on any atom is -0.398 e. The fourth-order valence-corrected chi connectivity index (χ4v) is 2.49. The van der Waals surface area contributed by atoms with Crippen molar-refractivity contribution in [3.8, 4) is 0 Å². The maximum atomic E-state index is 12.1. The van der Waals surface area contributed by atoms with Gasteiger partial charge < -0.3 is 20.9 Å². The molecule has 1 aliphatic heterocycles. The van der Waals surface area contributed by atoms with Gasteiger partial charge in [0.15, 0.2) is 0 Å². The number of nitrogen functional groups attached to an aromatic ring is 1. The van der Waals surface area contributed by atoms with Gasteiger partial charge in [-0.05, 0) is 24.6 Å². The molecule has 6 heteroatoms. The fourth-order valence-electron chi connectivity index (χ4n) is 2.01. The lowest BCUT2D eigenvalue weighted by Gasteiger charge is -2.21. The van der Waals surface area contributed by atoms with Crippen molar-refractivity contribution in [2.75, 3.05) is 25.5 Å². The first-order valence-electron chi connectivity index (χ1n) is 6.05. The molecule has 1 unspecified atom stereocenters. The lowest BCUT2D eigenvalue weighted by molar-refractivity contribution is 0.0264. The van der Waals surface area contributed by atoms with Crippen LogP contribution in [-0.2, 0) is 4.74 Å². The van der Waals surface area contributed by atoms with E-state index in [2.05, 4.69) is 21.2 Å². The van der Waals surface area contributed by atoms with E-state index in [1.54, 1.807) is 19.1 Å². The summed E-state index contributed by atoms with van der Waals surface area (Å²) in [5.74, 6) is -0.245. The predicted molar refractivity (Wildman–Crippen MR) is 76.0 cm³/mol. The van der Waals surface area contributed by atoms with Gasteiger partial charge in [-0.1, -0.05) is 15.9 Å². The van der Waals surface area contributed by atoms with Gasteiger partial charge in [-0.15, -0.1) is 0 Å². The molecule has 2 rings (SSSR count). The third-order valence-electron chi connectivity index (χ3n) is 3.32. The molecular formula is C13H17BrN2O3. The number of benzene rings is 1. The topological polar surface area (TPSA) is 84.6 Å². The van der Waals surface area contributed by atoms with Crippen molar-refractivity contribution >= 4 is 27.5 Å². The second-order valence-electron chi connectivity index (χ2n) is 4.88. The van der Waals surface area contributed by atoms with E-state index in [4.69, 9.17) is 10.5 Å². The van der Waals surface area contributed by atoms with Crippen LogP contribution in [0.25, 0.3) is 0 Å². The first-order valence-corrected chi connectivity index (χ1v) is 6.84. The van der Waals surface area contributed by atoms with Gasteiger partial charge in [0.1, 0.15) is 5.60 Å². The number of hydrogen-bond donors (Lipinski definition) is 3. The molecule has 104 valence electrons. The van der Waals surface area contributed by atoms with Crippen LogP contribution in [0, 0.1) is 6.92 Å². The fraction of sp³-hybridized carbons (Fsp3) is 0.462. The molecule has 1 saturated heterocycles. The van der Waals surface area contributed by atoms with Crippen LogP contribution in [0.5, 0.6) is 0 Å². The number of nitrogens with one attached hydrogen (secondary N) is 1. The van der Waals surface area contributed by atoms with Crippen molar-refractivity contribution in [1.29, 1.82) is 0 Å². The Bertz CT molecular complexity index is 499. The Balaban J connectivity index is 2.08. The zero-order chi connectivity index (χ0) is 14.0. The Kier molecular flexibility index (Phi) is 4.13. The Labute approximate surface area is 120 Å². The third kappa shape index (κ3) is 3.26. The SMILES string of the molecule is Cc1c(N)cc(Br)cc1C(=O)NCC1(O)CCOC1. The first kappa shape index (κ1) is 14.3. The molecule has 0 bridgehead atoms. The van der Waals surface area contributed by atoms with Gasteiger partial charge in [0.2, 0.25) is 0 Å². The lowest BCUT2D eigenvalue weighted by Crippen LogP contribution is -2.43. The lowest BCUT2D eigenvalue weighted by atomic mass is 10.0. The van der Waals surface area contributed by atoms with Crippen molar-refractivity contribution in [1.82, 2.24) is 5.32 Å². The molecule has 1 atom stereocenters. The first-order chi connectivity index (χ1) is 8.91. The maximum absolute atomic E-state index is 12.1. The number of rotatable bonds is 3. The van der Waals surface area contributed by atoms with Crippen molar-refractivity contribution in [3.63, 3.8) is 0 Å². The molecule has 5 nitrogen and oxygen atoms in total. The number of halogens is 1. The molecule has 19 heavy (non-hydrogen) atoms. The molecule has 0 aromatic heterocycles. The number of aliphatic hydroxyl groups is 1. The molecule has 0 spiro atoms. The minimum atomic E-state index is -0.957. The van der Waals surface area contributed by atoms with Gasteiger partial charge >= 0.3 is 0 Å². The Morgan fingerprint density at radius 2 is 2.37 bits per heavy atom. The number of amides is 1. The zero-order valence-corrected chi connectivity index (χ0v) is 12.3. The van der Waals surface area contributed by atoms with Crippen LogP contribution in [0.3, 0.4) is 0 Å². The molecule has 1 amide bonds. The number of carbonyl (C=O) groups excluding carboxylic acids is 1. The van der Waals surface area contributed by atoms with Crippen LogP contribution in [0.4, 0.5) is 5.69 Å². The van der Waals surface area contributed by atoms with Gasteiger partial charge in [0, 0.05) is 35.3 Å². The number of ether oxygens (including phenoxy) is 1. The second kappa shape index (κ2) is 5.48. The Morgan fingerprint density at radius 3 is 3.00 bits per heavy atom. The molecule has 1 aromatic carbocycles. The summed E-state index contributed by atoms with van der Waals surface area (Å²) < 4.78 is 5.88. The standard InChI is InChI=1S/C13H17BrN2O3/c1-8-10(4-9(14)5-11(8)15)12(17)16-6-13(18)2-3-19-7-13/h4-5,18H,2-3,6-7,15H2,1H3,(H,16,17). The van der Waals surface area contributed by atoms with E-state index < -0.39 is 5.60 Å². The van der Waals surface area contributed by atoms with Crippen molar-refractivity contribution < 1.29 is 14.6 Å². The van der Waals surface area contributed by atoms with Gasteiger partial charge in [-0.2, -0.15) is 0 Å². The summed E-state index contributed by atoms with van der Waals surface area (Å²) in [6.07, 6.45) is 0.535. The summed E-state index contributed by atoms with van der Waals surface area (Å²) in [5.41, 5.74) is 6.67. The highest BCUT2D eigenvalue weighted by Crippen LogP contribution is 2.23. The molecule has 1 aromatic rings. The van der Waals surface area contributed by atoms with Crippen LogP contribution in [-0.4, -0.2) is 36.4 Å². The normalized spacial score (nSPS) is 22.5. The van der Waals surface area contributed by atoms with Crippen LogP contribution >= 0.6 is 15.9 Å². The van der Waals surface area contributed by atoms with Gasteiger partial charge in [0.05, 0.1) is 6.61 Å². The molecule has 1 fully saturated rings. The largest absolute Gasteiger partial charge is 0.398 e. The highest BCUT2D eigenvalue weighted by molar-refractivity contribution is 9.10. The van der Waals surface area contributed by atoms with Crippen molar-refractivity contribution in [3.05, 3.63) is 27.7 Å². The summed E-state index contributed by atoms with van der Waals surface area (Å²) in [7, 11) is 0. The smallest absolute Gasteiger partial charge is 0.251 e. The number of carbonyl (C=O) groups is 1. The molecule has 4 N–H and O–H groups in total. The quantitative estimate of drug-likeness (QED) is 0.728. The summed E-state index contributed by atoms with van der Waals surface area (Å²) in [6.45, 7) is 2.75. The molecule has 0 radical (unpaired) electrons. The van der Waals surface area contributed by atoms with E-state index in [-0.39, 0.29) is 19.1 Å². The van der Waals surface area contributed by atoms with Gasteiger partial charge in [-0.25, -0.2) is 0 Å². The van der Waals surface area contributed by atoms with Crippen LogP contribution in [0.1, 0.15) is 22.3 Å². The second-order valence-corrected chi connectivity index (χ2v) is 5.79. The number of anilines is 1. The van der Waals surface area contributed by atoms with E-state index in [9.17, 15) is 9.90 Å². The summed E-state index contributed by atoms with van der Waals surface area (Å²) in [6, 6.07) is 3.47. The molecule has 1 heterocycles. The van der Waals surface area contributed by atoms with Crippen molar-refractivity contribution in [2.24, 2.45) is 0 Å². The van der Waals surface area contributed by atoms with Crippen molar-refractivity contribution in [2.45, 2.75) is 18.9 Å². The number of nitrogens with two attached hydrogens (primary N) is 1. The predicted octanol–water partition coefficient (Wildman–Crippen LogP) is 1.22. The van der Waals surface area contributed by atoms with E-state index in [0.29, 0.717) is 24.3 Å². The Hall–Kier alpha value is -1.11. The minimum absolute atomic E-state index is 0.178. The van der Waals surface area contributed by atoms with E-state index >= 15 is 0 Å². The van der Waals surface area contributed by atoms with E-state index in [1.165, 1.54) is 0 Å². The van der Waals surface area contributed by atoms with Crippen LogP contribution in [0.15, 0.2) is 16.6 Å². The zero-order valence-electron chi connectivity index (χ0n) is 10.7. The molecule has 0 saturated carbocycles. The maximum Gasteiger partial charge on any atom is 0.251 e. The summed E-state index contributed by atoms with van der Waals surface area (Å²) >= 11 is 3.31. The molecular weight excluding hydrogens is 312 g/mol. The third-order valence-corrected chi connectivity index (χ3v) is 3.78. The van der Waals surface area contributed by atoms with Crippen LogP contribution < -0.4 is 11.1 Å². The summed E-state index contributed by atoms with van der Waals surface area (Å²) in [4.78, 5) is 12.1. The molecule has 1 aliphatic rings. The van der Waals surface area contributed by atoms with Gasteiger partial charge in [-0.3, -0.25) is 4.79 Å². The average Bonchev–Trinajstić information content (AvgIpc) is 2.78. The number of hydrogen-bond acceptors (Lipinski definition) is 4. The molecule has 0 aliphatic carbocycles. The average molecular weight is 329 g/mol. The van der Waals surface area contributed by atoms with Gasteiger partial charge in [0.25, 0.3) is 5.91 Å². The Morgan fingerprint density at radius 1 is 1.63 bits per heavy atom. The monoisotopic (exact) mass is 328 g/mol. The highest BCUT2D eigenvalue weighted by Gasteiger charge is 2.32. The van der Waals surface area contributed by atoms with Crippen LogP contribution in [0.2, 0.25) is 0 Å².